The van der Waals surface area contributed by atoms with Gasteiger partial charge in [0.1, 0.15) is 5.75 Å². The fourth-order valence-corrected chi connectivity index (χ4v) is 3.61. The Morgan fingerprint density at radius 2 is 2.00 bits per heavy atom. The Morgan fingerprint density at radius 3 is 2.82 bits per heavy atom. The summed E-state index contributed by atoms with van der Waals surface area (Å²) in [6.45, 7) is 4.76. The summed E-state index contributed by atoms with van der Waals surface area (Å²) in [5.41, 5.74) is 2.02. The fraction of sp³-hybridized carbons (Fsp3) is 0.364. The largest absolute Gasteiger partial charge is 0.454 e. The number of carbonyl (C=O) groups excluding carboxylic acids is 2. The third kappa shape index (κ3) is 3.42. The van der Waals surface area contributed by atoms with E-state index in [1.807, 2.05) is 18.2 Å². The lowest BCUT2D eigenvalue weighted by atomic mass is 9.96. The van der Waals surface area contributed by atoms with Crippen molar-refractivity contribution in [2.75, 3.05) is 18.2 Å². The summed E-state index contributed by atoms with van der Waals surface area (Å²) in [6.07, 6.45) is 1.13. The molecule has 2 aromatic carbocycles. The van der Waals surface area contributed by atoms with Gasteiger partial charge in [0.25, 0.3) is 0 Å². The summed E-state index contributed by atoms with van der Waals surface area (Å²) in [7, 11) is 0. The van der Waals surface area contributed by atoms with Gasteiger partial charge in [0.15, 0.2) is 11.5 Å². The first-order valence-electron chi connectivity index (χ1n) is 9.57. The van der Waals surface area contributed by atoms with E-state index in [2.05, 4.69) is 19.9 Å². The summed E-state index contributed by atoms with van der Waals surface area (Å²) in [5, 5.41) is 0. The van der Waals surface area contributed by atoms with Gasteiger partial charge in [-0.1, -0.05) is 32.0 Å². The molecule has 146 valence electrons. The molecule has 0 radical (unpaired) electrons. The van der Waals surface area contributed by atoms with Gasteiger partial charge >= 0.3 is 5.97 Å². The zero-order valence-electron chi connectivity index (χ0n) is 16.0. The number of esters is 1. The monoisotopic (exact) mass is 381 g/mol. The summed E-state index contributed by atoms with van der Waals surface area (Å²) in [4.78, 5) is 27.0. The van der Waals surface area contributed by atoms with E-state index >= 15 is 0 Å². The first-order valence-corrected chi connectivity index (χ1v) is 9.57. The number of amides is 1. The smallest absolute Gasteiger partial charge is 0.316 e. The minimum absolute atomic E-state index is 0.0524. The van der Waals surface area contributed by atoms with E-state index in [1.54, 1.807) is 23.1 Å². The third-order valence-electron chi connectivity index (χ3n) is 5.39. The molecule has 0 saturated carbocycles. The molecule has 4 rings (SSSR count). The van der Waals surface area contributed by atoms with Crippen LogP contribution in [0.1, 0.15) is 38.2 Å². The van der Waals surface area contributed by atoms with Gasteiger partial charge in [-0.05, 0) is 36.1 Å². The van der Waals surface area contributed by atoms with E-state index in [-0.39, 0.29) is 19.1 Å². The molecule has 2 atom stereocenters. The zero-order valence-corrected chi connectivity index (χ0v) is 16.0. The number of hydrogen-bond donors (Lipinski definition) is 0. The second-order valence-corrected chi connectivity index (χ2v) is 7.21. The number of fused-ring (bicyclic) bond motifs is 1. The highest BCUT2D eigenvalue weighted by Crippen LogP contribution is 2.36. The molecule has 1 fully saturated rings. The van der Waals surface area contributed by atoms with Crippen molar-refractivity contribution in [3.8, 4) is 17.2 Å². The normalized spacial score (nSPS) is 19.0. The van der Waals surface area contributed by atoms with Crippen LogP contribution < -0.4 is 19.1 Å². The number of ether oxygens (including phenoxy) is 3. The van der Waals surface area contributed by atoms with Gasteiger partial charge in [-0.2, -0.15) is 0 Å². The van der Waals surface area contributed by atoms with E-state index in [1.165, 1.54) is 0 Å². The molecule has 1 saturated heterocycles. The first kappa shape index (κ1) is 18.3. The van der Waals surface area contributed by atoms with E-state index in [0.717, 1.165) is 17.7 Å². The maximum Gasteiger partial charge on any atom is 0.316 e. The number of nitrogens with zero attached hydrogens (tertiary/aromatic N) is 1. The predicted molar refractivity (Wildman–Crippen MR) is 104 cm³/mol. The van der Waals surface area contributed by atoms with Gasteiger partial charge in [-0.15, -0.1) is 0 Å². The SMILES string of the molecule is CC[C@@H](C)c1ccccc1N1C[C@H](C(=O)Oc2ccc3c(c2)OCO3)CC1=O. The van der Waals surface area contributed by atoms with Crippen LogP contribution in [0, 0.1) is 5.92 Å². The maximum atomic E-state index is 12.6. The molecule has 0 bridgehead atoms. The highest BCUT2D eigenvalue weighted by molar-refractivity contribution is 6.00. The average molecular weight is 381 g/mol. The van der Waals surface area contributed by atoms with Crippen LogP contribution in [-0.4, -0.2) is 25.2 Å². The quantitative estimate of drug-likeness (QED) is 0.581. The number of benzene rings is 2. The topological polar surface area (TPSA) is 65.1 Å². The highest BCUT2D eigenvalue weighted by Gasteiger charge is 2.37. The summed E-state index contributed by atoms with van der Waals surface area (Å²) < 4.78 is 16.1. The van der Waals surface area contributed by atoms with Crippen LogP contribution >= 0.6 is 0 Å². The summed E-state index contributed by atoms with van der Waals surface area (Å²) in [5.74, 6) is 0.950. The molecule has 0 spiro atoms. The van der Waals surface area contributed by atoms with Crippen molar-refractivity contribution >= 4 is 17.6 Å². The van der Waals surface area contributed by atoms with Gasteiger partial charge in [-0.3, -0.25) is 9.59 Å². The number of rotatable bonds is 5. The fourth-order valence-electron chi connectivity index (χ4n) is 3.61. The van der Waals surface area contributed by atoms with Gasteiger partial charge in [0.2, 0.25) is 12.7 Å². The van der Waals surface area contributed by atoms with Gasteiger partial charge < -0.3 is 19.1 Å². The van der Waals surface area contributed by atoms with Crippen LogP contribution in [-0.2, 0) is 9.59 Å². The lowest BCUT2D eigenvalue weighted by Gasteiger charge is -2.23. The number of anilines is 1. The van der Waals surface area contributed by atoms with Crippen molar-refractivity contribution in [1.29, 1.82) is 0 Å². The second kappa shape index (κ2) is 7.54. The standard InChI is InChI=1S/C22H23NO5/c1-3-14(2)17-6-4-5-7-18(17)23-12-15(10-21(23)24)22(25)28-16-8-9-19-20(11-16)27-13-26-19/h4-9,11,14-15H,3,10,12-13H2,1-2H3/t14-,15-/m1/s1. The minimum Gasteiger partial charge on any atom is -0.454 e. The lowest BCUT2D eigenvalue weighted by Crippen LogP contribution is -2.28. The molecular formula is C22H23NO5. The molecule has 2 aliphatic heterocycles. The van der Waals surface area contributed by atoms with Crippen LogP contribution in [0.2, 0.25) is 0 Å². The van der Waals surface area contributed by atoms with Crippen molar-refractivity contribution in [2.45, 2.75) is 32.6 Å². The second-order valence-electron chi connectivity index (χ2n) is 7.21. The molecule has 6 nitrogen and oxygen atoms in total. The Balaban J connectivity index is 1.48. The van der Waals surface area contributed by atoms with Gasteiger partial charge in [0.05, 0.1) is 5.92 Å². The van der Waals surface area contributed by atoms with Crippen LogP contribution in [0.4, 0.5) is 5.69 Å². The van der Waals surface area contributed by atoms with Crippen molar-refractivity contribution < 1.29 is 23.8 Å². The molecule has 6 heteroatoms. The lowest BCUT2D eigenvalue weighted by molar-refractivity contribution is -0.139. The zero-order chi connectivity index (χ0) is 19.7. The molecule has 2 aliphatic rings. The van der Waals surface area contributed by atoms with Gasteiger partial charge in [0, 0.05) is 24.7 Å². The molecule has 2 heterocycles. The molecule has 0 aromatic heterocycles. The van der Waals surface area contributed by atoms with Crippen molar-refractivity contribution in [2.24, 2.45) is 5.92 Å². The number of para-hydroxylation sites is 1. The van der Waals surface area contributed by atoms with E-state index in [4.69, 9.17) is 14.2 Å². The molecule has 0 unspecified atom stereocenters. The van der Waals surface area contributed by atoms with Crippen molar-refractivity contribution in [3.63, 3.8) is 0 Å². The van der Waals surface area contributed by atoms with Crippen LogP contribution in [0.25, 0.3) is 0 Å². The Morgan fingerprint density at radius 1 is 1.21 bits per heavy atom. The molecule has 28 heavy (non-hydrogen) atoms. The summed E-state index contributed by atoms with van der Waals surface area (Å²) >= 11 is 0. The predicted octanol–water partition coefficient (Wildman–Crippen LogP) is 3.89. The van der Waals surface area contributed by atoms with Gasteiger partial charge in [-0.25, -0.2) is 0 Å². The molecule has 0 aliphatic carbocycles. The number of carbonyl (C=O) groups is 2. The first-order chi connectivity index (χ1) is 13.6. The molecular weight excluding hydrogens is 358 g/mol. The Bertz CT molecular complexity index is 910. The molecule has 2 aromatic rings. The van der Waals surface area contributed by atoms with Crippen LogP contribution in [0.5, 0.6) is 17.2 Å². The highest BCUT2D eigenvalue weighted by atomic mass is 16.7. The molecule has 0 N–H and O–H groups in total. The Kier molecular flexibility index (Phi) is 4.94. The Hall–Kier alpha value is -3.02. The third-order valence-corrected chi connectivity index (χ3v) is 5.39. The van der Waals surface area contributed by atoms with E-state index in [0.29, 0.717) is 29.7 Å². The van der Waals surface area contributed by atoms with Crippen LogP contribution in [0.15, 0.2) is 42.5 Å². The van der Waals surface area contributed by atoms with E-state index in [9.17, 15) is 9.59 Å². The average Bonchev–Trinajstić information content (AvgIpc) is 3.33. The summed E-state index contributed by atoms with van der Waals surface area (Å²) in [6, 6.07) is 12.9. The maximum absolute atomic E-state index is 12.6. The van der Waals surface area contributed by atoms with Crippen LogP contribution in [0.3, 0.4) is 0 Å². The minimum atomic E-state index is -0.497. The van der Waals surface area contributed by atoms with Crippen molar-refractivity contribution in [1.82, 2.24) is 0 Å². The Labute approximate surface area is 164 Å². The van der Waals surface area contributed by atoms with Crippen molar-refractivity contribution in [3.05, 3.63) is 48.0 Å². The van der Waals surface area contributed by atoms with E-state index < -0.39 is 11.9 Å². The number of hydrogen-bond acceptors (Lipinski definition) is 5. The molecule has 1 amide bonds.